The normalized spacial score (nSPS) is 11.7. The number of rotatable bonds is 2. The molecule has 0 spiro atoms. The molecule has 118 valence electrons. The average molecular weight is 322 g/mol. The monoisotopic (exact) mass is 322 g/mol. The highest BCUT2D eigenvalue weighted by Gasteiger charge is 2.33. The smallest absolute Gasteiger partial charge is 0.350 e. The second-order valence-electron chi connectivity index (χ2n) is 4.91. The largest absolute Gasteiger partial charge is 0.418 e. The van der Waals surface area contributed by atoms with E-state index in [4.69, 9.17) is 0 Å². The van der Waals surface area contributed by atoms with Gasteiger partial charge in [-0.1, -0.05) is 12.1 Å². The van der Waals surface area contributed by atoms with Crippen LogP contribution in [0.15, 0.2) is 48.5 Å². The number of hydrogen-bond acceptors (Lipinski definition) is 1. The molecule has 0 aliphatic rings. The molecule has 0 atom stereocenters. The molecule has 0 aliphatic heterocycles. The van der Waals surface area contributed by atoms with Crippen molar-refractivity contribution in [3.63, 3.8) is 0 Å². The molecule has 0 unspecified atom stereocenters. The van der Waals surface area contributed by atoms with Crippen molar-refractivity contribution in [3.8, 4) is 0 Å². The van der Waals surface area contributed by atoms with Gasteiger partial charge in [0, 0.05) is 10.9 Å². The Morgan fingerprint density at radius 1 is 1.04 bits per heavy atom. The summed E-state index contributed by atoms with van der Waals surface area (Å²) in [5.41, 5.74) is -0.841. The van der Waals surface area contributed by atoms with Crippen molar-refractivity contribution in [1.82, 2.24) is 4.98 Å². The van der Waals surface area contributed by atoms with Crippen LogP contribution in [0.3, 0.4) is 0 Å². The molecule has 3 aromatic rings. The summed E-state index contributed by atoms with van der Waals surface area (Å²) in [4.78, 5) is 14.8. The maximum Gasteiger partial charge on any atom is 0.418 e. The van der Waals surface area contributed by atoms with Crippen LogP contribution in [0.25, 0.3) is 10.9 Å². The molecule has 3 rings (SSSR count). The molecule has 2 N–H and O–H groups in total. The summed E-state index contributed by atoms with van der Waals surface area (Å²) in [5, 5.41) is 2.81. The summed E-state index contributed by atoms with van der Waals surface area (Å²) in [6, 6.07) is 10.0. The van der Waals surface area contributed by atoms with Crippen LogP contribution in [-0.2, 0) is 6.18 Å². The fraction of sp³-hybridized carbons (Fsp3) is 0.0625. The Balaban J connectivity index is 1.92. The molecule has 7 heteroatoms. The number of nitrogens with one attached hydrogen (secondary N) is 2. The summed E-state index contributed by atoms with van der Waals surface area (Å²) < 4.78 is 51.9. The number of H-pyrrole nitrogens is 1. The third kappa shape index (κ3) is 3.03. The highest BCUT2D eigenvalue weighted by Crippen LogP contribution is 2.34. The second-order valence-corrected chi connectivity index (χ2v) is 4.91. The van der Waals surface area contributed by atoms with Crippen molar-refractivity contribution < 1.29 is 22.4 Å². The van der Waals surface area contributed by atoms with Crippen LogP contribution in [-0.4, -0.2) is 10.9 Å². The number of carbonyl (C=O) groups is 1. The number of anilines is 1. The lowest BCUT2D eigenvalue weighted by molar-refractivity contribution is -0.136. The van der Waals surface area contributed by atoms with Crippen molar-refractivity contribution in [2.24, 2.45) is 0 Å². The maximum atomic E-state index is 13.1. The van der Waals surface area contributed by atoms with Crippen molar-refractivity contribution in [2.45, 2.75) is 6.18 Å². The Morgan fingerprint density at radius 3 is 2.52 bits per heavy atom. The zero-order valence-electron chi connectivity index (χ0n) is 11.5. The Bertz CT molecular complexity index is 883. The molecule has 2 aromatic carbocycles. The van der Waals surface area contributed by atoms with Gasteiger partial charge in [0.15, 0.2) is 0 Å². The van der Waals surface area contributed by atoms with E-state index in [-0.39, 0.29) is 11.4 Å². The zero-order valence-corrected chi connectivity index (χ0v) is 11.5. The van der Waals surface area contributed by atoms with Gasteiger partial charge in [-0.25, -0.2) is 4.39 Å². The van der Waals surface area contributed by atoms with E-state index in [2.05, 4.69) is 10.3 Å². The number of para-hydroxylation sites is 1. The topological polar surface area (TPSA) is 44.9 Å². The van der Waals surface area contributed by atoms with Crippen LogP contribution < -0.4 is 5.32 Å². The third-order valence-electron chi connectivity index (χ3n) is 3.31. The van der Waals surface area contributed by atoms with E-state index in [0.29, 0.717) is 10.9 Å². The van der Waals surface area contributed by atoms with Crippen LogP contribution in [0.5, 0.6) is 0 Å². The Labute approximate surface area is 127 Å². The minimum Gasteiger partial charge on any atom is -0.350 e. The van der Waals surface area contributed by atoms with E-state index in [1.165, 1.54) is 42.5 Å². The Hall–Kier alpha value is -2.83. The summed E-state index contributed by atoms with van der Waals surface area (Å²) >= 11 is 0. The van der Waals surface area contributed by atoms with Crippen LogP contribution in [0.2, 0.25) is 0 Å². The number of hydrogen-bond donors (Lipinski definition) is 2. The van der Waals surface area contributed by atoms with Crippen molar-refractivity contribution in [2.75, 3.05) is 5.32 Å². The summed E-state index contributed by atoms with van der Waals surface area (Å²) in [7, 11) is 0. The molecule has 0 saturated heterocycles. The van der Waals surface area contributed by atoms with E-state index in [1.54, 1.807) is 0 Å². The molecular formula is C16H10F4N2O. The summed E-state index contributed by atoms with van der Waals surface area (Å²) in [6.07, 6.45) is -4.58. The van der Waals surface area contributed by atoms with E-state index in [1.807, 2.05) is 0 Å². The summed E-state index contributed by atoms with van der Waals surface area (Å²) in [6.45, 7) is 0. The minimum absolute atomic E-state index is 0.0441. The first-order chi connectivity index (χ1) is 10.8. The van der Waals surface area contributed by atoms with Gasteiger partial charge in [-0.2, -0.15) is 13.2 Å². The number of halogens is 4. The van der Waals surface area contributed by atoms with Gasteiger partial charge in [0.05, 0.1) is 11.3 Å². The van der Waals surface area contributed by atoms with Gasteiger partial charge < -0.3 is 10.3 Å². The predicted molar refractivity (Wildman–Crippen MR) is 77.7 cm³/mol. The molecule has 0 saturated carbocycles. The van der Waals surface area contributed by atoms with E-state index < -0.39 is 23.5 Å². The SMILES string of the molecule is O=C(Nc1ccccc1C(F)(F)F)c1cc2ccc(F)cc2[nH]1. The number of amides is 1. The molecule has 1 heterocycles. The first-order valence-corrected chi connectivity index (χ1v) is 6.60. The van der Waals surface area contributed by atoms with E-state index >= 15 is 0 Å². The molecule has 0 bridgehead atoms. The molecule has 3 nitrogen and oxygen atoms in total. The molecule has 0 aliphatic carbocycles. The van der Waals surface area contributed by atoms with Gasteiger partial charge in [-0.15, -0.1) is 0 Å². The molecule has 1 aromatic heterocycles. The molecule has 1 amide bonds. The molecular weight excluding hydrogens is 312 g/mol. The van der Waals surface area contributed by atoms with Gasteiger partial charge in [0.1, 0.15) is 11.5 Å². The fourth-order valence-electron chi connectivity index (χ4n) is 2.25. The van der Waals surface area contributed by atoms with Crippen LogP contribution in [0.1, 0.15) is 16.1 Å². The number of fused-ring (bicyclic) bond motifs is 1. The maximum absolute atomic E-state index is 13.1. The van der Waals surface area contributed by atoms with Crippen LogP contribution >= 0.6 is 0 Å². The number of alkyl halides is 3. The Kier molecular flexibility index (Phi) is 3.55. The van der Waals surface area contributed by atoms with Gasteiger partial charge >= 0.3 is 6.18 Å². The standard InChI is InChI=1S/C16H10F4N2O/c17-10-6-5-9-7-14(21-13(9)8-10)15(23)22-12-4-2-1-3-11(12)16(18,19)20/h1-8,21H,(H,22,23). The summed E-state index contributed by atoms with van der Waals surface area (Å²) in [5.74, 6) is -1.22. The minimum atomic E-state index is -4.58. The fourth-order valence-corrected chi connectivity index (χ4v) is 2.25. The number of aromatic amines is 1. The third-order valence-corrected chi connectivity index (χ3v) is 3.31. The highest BCUT2D eigenvalue weighted by atomic mass is 19.4. The first-order valence-electron chi connectivity index (χ1n) is 6.60. The lowest BCUT2D eigenvalue weighted by Gasteiger charge is -2.12. The zero-order chi connectivity index (χ0) is 16.6. The van der Waals surface area contributed by atoms with Crippen LogP contribution in [0, 0.1) is 5.82 Å². The van der Waals surface area contributed by atoms with E-state index in [0.717, 1.165) is 6.07 Å². The second kappa shape index (κ2) is 5.42. The highest BCUT2D eigenvalue weighted by molar-refractivity contribution is 6.06. The lowest BCUT2D eigenvalue weighted by Crippen LogP contribution is -2.16. The van der Waals surface area contributed by atoms with Crippen molar-refractivity contribution in [1.29, 1.82) is 0 Å². The van der Waals surface area contributed by atoms with Crippen LogP contribution in [0.4, 0.5) is 23.2 Å². The lowest BCUT2D eigenvalue weighted by atomic mass is 10.1. The number of aromatic nitrogens is 1. The average Bonchev–Trinajstić information content (AvgIpc) is 2.89. The van der Waals surface area contributed by atoms with Gasteiger partial charge in [0.25, 0.3) is 5.91 Å². The van der Waals surface area contributed by atoms with Gasteiger partial charge in [-0.05, 0) is 36.4 Å². The first kappa shape index (κ1) is 15.1. The molecule has 0 radical (unpaired) electrons. The van der Waals surface area contributed by atoms with Crippen molar-refractivity contribution >= 4 is 22.5 Å². The number of benzene rings is 2. The van der Waals surface area contributed by atoms with Gasteiger partial charge in [0.2, 0.25) is 0 Å². The predicted octanol–water partition coefficient (Wildman–Crippen LogP) is 4.58. The van der Waals surface area contributed by atoms with Gasteiger partial charge in [-0.3, -0.25) is 4.79 Å². The van der Waals surface area contributed by atoms with E-state index in [9.17, 15) is 22.4 Å². The van der Waals surface area contributed by atoms with Crippen molar-refractivity contribution in [3.05, 3.63) is 65.6 Å². The Morgan fingerprint density at radius 2 is 1.78 bits per heavy atom. The molecule has 0 fully saturated rings. The number of carbonyl (C=O) groups excluding carboxylic acids is 1. The molecule has 23 heavy (non-hydrogen) atoms. The quantitative estimate of drug-likeness (QED) is 0.667.